The van der Waals surface area contributed by atoms with Gasteiger partial charge in [-0.05, 0) is 19.4 Å². The van der Waals surface area contributed by atoms with Crippen molar-refractivity contribution in [2.45, 2.75) is 20.4 Å². The van der Waals surface area contributed by atoms with Crippen LogP contribution in [0.1, 0.15) is 19.4 Å². The number of ether oxygens (including phenoxy) is 2. The van der Waals surface area contributed by atoms with Crippen LogP contribution in [0.4, 0.5) is 4.79 Å². The first-order valence-electron chi connectivity index (χ1n) is 6.82. The maximum Gasteiger partial charge on any atom is 0.410 e. The van der Waals surface area contributed by atoms with Gasteiger partial charge in [0.2, 0.25) is 0 Å². The Hall–Kier alpha value is -2.30. The van der Waals surface area contributed by atoms with Gasteiger partial charge in [0.1, 0.15) is 6.61 Å². The molecule has 0 radical (unpaired) electrons. The monoisotopic (exact) mass is 291 g/mol. The van der Waals surface area contributed by atoms with E-state index in [1.807, 2.05) is 30.3 Å². The number of carbonyl (C=O) groups excluding carboxylic acids is 2. The molecule has 0 fully saturated rings. The molecule has 0 saturated heterocycles. The lowest BCUT2D eigenvalue weighted by Gasteiger charge is -2.21. The van der Waals surface area contributed by atoms with Crippen LogP contribution >= 0.6 is 0 Å². The van der Waals surface area contributed by atoms with Gasteiger partial charge in [0.15, 0.2) is 0 Å². The molecule has 0 spiro atoms. The predicted molar refractivity (Wildman–Crippen MR) is 79.6 cm³/mol. The van der Waals surface area contributed by atoms with E-state index in [9.17, 15) is 9.59 Å². The van der Waals surface area contributed by atoms with E-state index in [1.54, 1.807) is 13.8 Å². The van der Waals surface area contributed by atoms with Crippen LogP contribution in [-0.4, -0.2) is 36.7 Å². The van der Waals surface area contributed by atoms with Gasteiger partial charge in [-0.25, -0.2) is 9.59 Å². The first-order valence-corrected chi connectivity index (χ1v) is 6.82. The lowest BCUT2D eigenvalue weighted by Crippen LogP contribution is -2.34. The zero-order valence-electron chi connectivity index (χ0n) is 12.5. The summed E-state index contributed by atoms with van der Waals surface area (Å²) in [4.78, 5) is 24.7. The Bertz CT molecular complexity index is 484. The van der Waals surface area contributed by atoms with Crippen molar-refractivity contribution in [2.24, 2.45) is 0 Å². The molecule has 5 nitrogen and oxygen atoms in total. The van der Waals surface area contributed by atoms with Gasteiger partial charge in [-0.3, -0.25) is 0 Å². The van der Waals surface area contributed by atoms with Crippen LogP contribution in [0, 0.1) is 0 Å². The Labute approximate surface area is 125 Å². The number of hydrogen-bond acceptors (Lipinski definition) is 4. The third-order valence-electron chi connectivity index (χ3n) is 2.69. The highest BCUT2D eigenvalue weighted by molar-refractivity contribution is 5.86. The number of nitrogens with zero attached hydrogens (tertiary/aromatic N) is 1. The minimum Gasteiger partial charge on any atom is -0.460 e. The minimum absolute atomic E-state index is 0.108. The van der Waals surface area contributed by atoms with Crippen molar-refractivity contribution in [2.75, 3.05) is 19.8 Å². The Morgan fingerprint density at radius 2 is 1.86 bits per heavy atom. The second-order valence-corrected chi connectivity index (χ2v) is 4.52. The molecule has 0 aromatic heterocycles. The molecule has 1 rings (SSSR count). The summed E-state index contributed by atoms with van der Waals surface area (Å²) in [6.45, 7) is 7.92. The second-order valence-electron chi connectivity index (χ2n) is 4.52. The molecular weight excluding hydrogens is 270 g/mol. The van der Waals surface area contributed by atoms with Crippen molar-refractivity contribution in [1.82, 2.24) is 4.90 Å². The quantitative estimate of drug-likeness (QED) is 0.572. The number of hydrogen-bond donors (Lipinski definition) is 0. The van der Waals surface area contributed by atoms with Crippen LogP contribution in [0.15, 0.2) is 42.5 Å². The van der Waals surface area contributed by atoms with Crippen LogP contribution in [0.5, 0.6) is 0 Å². The van der Waals surface area contributed by atoms with Gasteiger partial charge < -0.3 is 14.4 Å². The first kappa shape index (κ1) is 16.8. The normalized spacial score (nSPS) is 9.81. The summed E-state index contributed by atoms with van der Waals surface area (Å²) in [5.74, 6) is -0.460. The van der Waals surface area contributed by atoms with E-state index in [2.05, 4.69) is 6.58 Å². The van der Waals surface area contributed by atoms with Crippen LogP contribution in [-0.2, 0) is 20.8 Å². The van der Waals surface area contributed by atoms with E-state index in [0.717, 1.165) is 5.56 Å². The van der Waals surface area contributed by atoms with Gasteiger partial charge in [0.25, 0.3) is 0 Å². The molecule has 0 atom stereocenters. The molecule has 5 heteroatoms. The van der Waals surface area contributed by atoms with Gasteiger partial charge >= 0.3 is 12.1 Å². The maximum atomic E-state index is 11.9. The molecule has 0 bridgehead atoms. The van der Waals surface area contributed by atoms with E-state index in [4.69, 9.17) is 9.47 Å². The van der Waals surface area contributed by atoms with Gasteiger partial charge in [-0.15, -0.1) is 0 Å². The van der Waals surface area contributed by atoms with E-state index < -0.39 is 12.1 Å². The fraction of sp³-hybridized carbons (Fsp3) is 0.375. The number of carbonyl (C=O) groups is 2. The maximum absolute atomic E-state index is 11.9. The molecule has 0 aliphatic heterocycles. The highest BCUT2D eigenvalue weighted by Gasteiger charge is 2.15. The SMILES string of the molecule is C=C(C)C(=O)OCCN(Cc1ccccc1)C(=O)OCC. The molecule has 0 aliphatic carbocycles. The molecule has 21 heavy (non-hydrogen) atoms. The van der Waals surface area contributed by atoms with Crippen molar-refractivity contribution in [1.29, 1.82) is 0 Å². The Morgan fingerprint density at radius 1 is 1.19 bits per heavy atom. The number of esters is 1. The molecule has 0 heterocycles. The molecule has 1 aromatic carbocycles. The van der Waals surface area contributed by atoms with Gasteiger partial charge in [-0.2, -0.15) is 0 Å². The predicted octanol–water partition coefficient (Wildman–Crippen LogP) is 2.76. The fourth-order valence-corrected chi connectivity index (χ4v) is 1.63. The third-order valence-corrected chi connectivity index (χ3v) is 2.69. The van der Waals surface area contributed by atoms with Crippen LogP contribution < -0.4 is 0 Å². The Morgan fingerprint density at radius 3 is 2.43 bits per heavy atom. The third kappa shape index (κ3) is 6.12. The molecule has 1 amide bonds. The molecular formula is C16H21NO4. The second kappa shape index (κ2) is 8.79. The van der Waals surface area contributed by atoms with Crippen molar-refractivity contribution in [3.8, 4) is 0 Å². The van der Waals surface area contributed by atoms with Crippen LogP contribution in [0.3, 0.4) is 0 Å². The van der Waals surface area contributed by atoms with Gasteiger partial charge in [0, 0.05) is 12.1 Å². The molecule has 0 N–H and O–H groups in total. The number of amides is 1. The smallest absolute Gasteiger partial charge is 0.410 e. The molecule has 1 aromatic rings. The van der Waals surface area contributed by atoms with E-state index in [0.29, 0.717) is 18.7 Å². The zero-order valence-corrected chi connectivity index (χ0v) is 12.5. The molecule has 0 saturated carbocycles. The summed E-state index contributed by atoms with van der Waals surface area (Å²) in [5.41, 5.74) is 1.32. The highest BCUT2D eigenvalue weighted by atomic mass is 16.6. The lowest BCUT2D eigenvalue weighted by atomic mass is 10.2. The molecule has 0 unspecified atom stereocenters. The summed E-state index contributed by atoms with van der Waals surface area (Å²) in [6.07, 6.45) is -0.423. The topological polar surface area (TPSA) is 55.8 Å². The van der Waals surface area contributed by atoms with Crippen LogP contribution in [0.2, 0.25) is 0 Å². The first-order chi connectivity index (χ1) is 10.0. The van der Waals surface area contributed by atoms with E-state index >= 15 is 0 Å². The summed E-state index contributed by atoms with van der Waals surface area (Å²) in [6, 6.07) is 9.56. The van der Waals surface area contributed by atoms with Gasteiger partial charge in [0.05, 0.1) is 13.2 Å². The molecule has 0 aliphatic rings. The summed E-state index contributed by atoms with van der Waals surface area (Å²) < 4.78 is 10.0. The number of rotatable bonds is 7. The standard InChI is InChI=1S/C16H21NO4/c1-4-20-16(19)17(10-11-21-15(18)13(2)3)12-14-8-6-5-7-9-14/h5-9H,2,4,10-12H2,1,3H3. The minimum atomic E-state index is -0.460. The van der Waals surface area contributed by atoms with Gasteiger partial charge in [-0.1, -0.05) is 36.9 Å². The average molecular weight is 291 g/mol. The van der Waals surface area contributed by atoms with Crippen molar-refractivity contribution >= 4 is 12.1 Å². The lowest BCUT2D eigenvalue weighted by molar-refractivity contribution is -0.139. The van der Waals surface area contributed by atoms with E-state index in [1.165, 1.54) is 4.90 Å². The van der Waals surface area contributed by atoms with Crippen LogP contribution in [0.25, 0.3) is 0 Å². The average Bonchev–Trinajstić information content (AvgIpc) is 2.47. The van der Waals surface area contributed by atoms with Crippen molar-refractivity contribution in [3.63, 3.8) is 0 Å². The number of benzene rings is 1. The highest BCUT2D eigenvalue weighted by Crippen LogP contribution is 2.06. The Kier molecular flexibility index (Phi) is 7.01. The van der Waals surface area contributed by atoms with E-state index in [-0.39, 0.29) is 13.2 Å². The summed E-state index contributed by atoms with van der Waals surface area (Å²) >= 11 is 0. The summed E-state index contributed by atoms with van der Waals surface area (Å²) in [7, 11) is 0. The summed E-state index contributed by atoms with van der Waals surface area (Å²) in [5, 5.41) is 0. The molecule has 114 valence electrons. The largest absolute Gasteiger partial charge is 0.460 e. The van der Waals surface area contributed by atoms with Crippen molar-refractivity contribution in [3.05, 3.63) is 48.0 Å². The van der Waals surface area contributed by atoms with Crippen molar-refractivity contribution < 1.29 is 19.1 Å². The zero-order chi connectivity index (χ0) is 15.7. The Balaban J connectivity index is 2.58. The fourth-order valence-electron chi connectivity index (χ4n) is 1.63.